The molecule has 3 rings (SSSR count). The minimum absolute atomic E-state index is 0.448. The molecular formula is C14H18N4O. The molecule has 19 heavy (non-hydrogen) atoms. The Kier molecular flexibility index (Phi) is 3.31. The van der Waals surface area contributed by atoms with Crippen molar-refractivity contribution in [1.29, 1.82) is 0 Å². The highest BCUT2D eigenvalue weighted by Crippen LogP contribution is 2.20. The predicted octanol–water partition coefficient (Wildman–Crippen LogP) is 1.14. The van der Waals surface area contributed by atoms with Gasteiger partial charge >= 0.3 is 0 Å². The van der Waals surface area contributed by atoms with Crippen molar-refractivity contribution in [2.45, 2.75) is 26.1 Å². The number of benzene rings is 1. The molecule has 0 spiro atoms. The fraction of sp³-hybridized carbons (Fsp3) is 0.429. The van der Waals surface area contributed by atoms with Crippen LogP contribution < -0.4 is 0 Å². The number of hydrogen-bond donors (Lipinski definition) is 1. The Bertz CT molecular complexity index is 566. The molecule has 2 aromatic rings. The van der Waals surface area contributed by atoms with E-state index in [0.717, 1.165) is 36.6 Å². The van der Waals surface area contributed by atoms with Crippen molar-refractivity contribution in [2.75, 3.05) is 13.1 Å². The van der Waals surface area contributed by atoms with E-state index in [1.165, 1.54) is 0 Å². The van der Waals surface area contributed by atoms with E-state index in [1.807, 2.05) is 31.2 Å². The molecule has 0 fully saturated rings. The van der Waals surface area contributed by atoms with Gasteiger partial charge in [0.1, 0.15) is 12.2 Å². The van der Waals surface area contributed by atoms with Gasteiger partial charge in [0.2, 0.25) is 0 Å². The lowest BCUT2D eigenvalue weighted by atomic mass is 10.0. The largest absolute Gasteiger partial charge is 0.387 e. The maximum absolute atomic E-state index is 10.4. The lowest BCUT2D eigenvalue weighted by Gasteiger charge is -2.29. The fourth-order valence-corrected chi connectivity index (χ4v) is 2.58. The van der Waals surface area contributed by atoms with Crippen LogP contribution in [0.5, 0.6) is 0 Å². The van der Waals surface area contributed by atoms with Crippen LogP contribution in [0.25, 0.3) is 0 Å². The van der Waals surface area contributed by atoms with E-state index < -0.39 is 6.10 Å². The van der Waals surface area contributed by atoms with Crippen molar-refractivity contribution in [3.63, 3.8) is 0 Å². The van der Waals surface area contributed by atoms with Crippen LogP contribution in [0.3, 0.4) is 0 Å². The van der Waals surface area contributed by atoms with Crippen molar-refractivity contribution in [2.24, 2.45) is 0 Å². The molecule has 0 radical (unpaired) electrons. The molecule has 5 heteroatoms. The van der Waals surface area contributed by atoms with Gasteiger partial charge in [-0.25, -0.2) is 0 Å². The molecule has 100 valence electrons. The molecule has 1 unspecified atom stereocenters. The zero-order valence-corrected chi connectivity index (χ0v) is 11.0. The summed E-state index contributed by atoms with van der Waals surface area (Å²) in [4.78, 5) is 2.22. The third-order valence-corrected chi connectivity index (χ3v) is 3.70. The molecule has 1 aromatic heterocycles. The summed E-state index contributed by atoms with van der Waals surface area (Å²) >= 11 is 0. The zero-order valence-electron chi connectivity index (χ0n) is 11.0. The number of aryl methyl sites for hydroxylation is 1. The van der Waals surface area contributed by atoms with Crippen LogP contribution in [0.2, 0.25) is 0 Å². The van der Waals surface area contributed by atoms with Crippen molar-refractivity contribution < 1.29 is 5.11 Å². The maximum Gasteiger partial charge on any atom is 0.147 e. The molecule has 0 aliphatic carbocycles. The van der Waals surface area contributed by atoms with Crippen LogP contribution in [0.15, 0.2) is 30.6 Å². The average Bonchev–Trinajstić information content (AvgIpc) is 2.86. The number of aliphatic hydroxyl groups excluding tert-OH is 1. The van der Waals surface area contributed by atoms with Gasteiger partial charge in [-0.3, -0.25) is 4.90 Å². The van der Waals surface area contributed by atoms with Crippen LogP contribution in [0, 0.1) is 6.92 Å². The quantitative estimate of drug-likeness (QED) is 0.897. The Morgan fingerprint density at radius 2 is 2.16 bits per heavy atom. The first-order valence-electron chi connectivity index (χ1n) is 6.56. The average molecular weight is 258 g/mol. The number of aromatic nitrogens is 3. The van der Waals surface area contributed by atoms with Crippen LogP contribution in [-0.4, -0.2) is 37.9 Å². The van der Waals surface area contributed by atoms with E-state index in [2.05, 4.69) is 19.7 Å². The summed E-state index contributed by atoms with van der Waals surface area (Å²) in [5, 5.41) is 18.4. The number of fused-ring (bicyclic) bond motifs is 1. The van der Waals surface area contributed by atoms with Crippen molar-refractivity contribution in [1.82, 2.24) is 19.7 Å². The van der Waals surface area contributed by atoms with Crippen LogP contribution in [0.1, 0.15) is 23.1 Å². The van der Waals surface area contributed by atoms with Crippen molar-refractivity contribution >= 4 is 0 Å². The molecule has 1 atom stereocenters. The lowest BCUT2D eigenvalue weighted by molar-refractivity contribution is 0.0958. The van der Waals surface area contributed by atoms with Crippen LogP contribution in [-0.2, 0) is 13.1 Å². The summed E-state index contributed by atoms with van der Waals surface area (Å²) in [6.07, 6.45) is 1.32. The first kappa shape index (κ1) is 12.3. The van der Waals surface area contributed by atoms with Gasteiger partial charge in [-0.05, 0) is 18.1 Å². The molecule has 5 nitrogen and oxygen atoms in total. The zero-order chi connectivity index (χ0) is 13.2. The molecule has 0 bridgehead atoms. The Labute approximate surface area is 112 Å². The Balaban J connectivity index is 1.68. The molecule has 1 N–H and O–H groups in total. The first-order chi connectivity index (χ1) is 9.24. The lowest BCUT2D eigenvalue weighted by Crippen LogP contribution is -2.36. The van der Waals surface area contributed by atoms with Gasteiger partial charge in [0, 0.05) is 19.6 Å². The van der Waals surface area contributed by atoms with E-state index in [9.17, 15) is 5.11 Å². The van der Waals surface area contributed by atoms with Gasteiger partial charge in [-0.1, -0.05) is 24.3 Å². The van der Waals surface area contributed by atoms with Gasteiger partial charge in [0.15, 0.2) is 0 Å². The van der Waals surface area contributed by atoms with Crippen LogP contribution >= 0.6 is 0 Å². The number of aliphatic hydroxyl groups is 1. The van der Waals surface area contributed by atoms with E-state index in [-0.39, 0.29) is 0 Å². The standard InChI is InChI=1S/C14H18N4O/c1-11-4-2-3-5-12(11)13(19)8-17-6-7-18-10-15-16-14(18)9-17/h2-5,10,13,19H,6-9H2,1H3. The van der Waals surface area contributed by atoms with Gasteiger partial charge in [-0.2, -0.15) is 0 Å². The second kappa shape index (κ2) is 5.11. The summed E-state index contributed by atoms with van der Waals surface area (Å²) in [6, 6.07) is 7.99. The Hall–Kier alpha value is -1.72. The normalized spacial score (nSPS) is 17.2. The SMILES string of the molecule is Cc1ccccc1C(O)CN1CCn2cnnc2C1. The predicted molar refractivity (Wildman–Crippen MR) is 71.4 cm³/mol. The number of rotatable bonds is 3. The highest BCUT2D eigenvalue weighted by molar-refractivity contribution is 5.27. The molecule has 2 heterocycles. The summed E-state index contributed by atoms with van der Waals surface area (Å²) in [7, 11) is 0. The fourth-order valence-electron chi connectivity index (χ4n) is 2.58. The van der Waals surface area contributed by atoms with Crippen LogP contribution in [0.4, 0.5) is 0 Å². The molecular weight excluding hydrogens is 240 g/mol. The monoisotopic (exact) mass is 258 g/mol. The Morgan fingerprint density at radius 1 is 1.32 bits per heavy atom. The van der Waals surface area contributed by atoms with E-state index >= 15 is 0 Å². The summed E-state index contributed by atoms with van der Waals surface area (Å²) < 4.78 is 2.07. The summed E-state index contributed by atoms with van der Waals surface area (Å²) in [5.41, 5.74) is 2.14. The van der Waals surface area contributed by atoms with E-state index in [4.69, 9.17) is 0 Å². The minimum atomic E-state index is -0.448. The molecule has 0 saturated heterocycles. The highest BCUT2D eigenvalue weighted by Gasteiger charge is 2.20. The molecule has 1 aliphatic rings. The number of nitrogens with zero attached hydrogens (tertiary/aromatic N) is 4. The second-order valence-electron chi connectivity index (χ2n) is 5.05. The number of hydrogen-bond acceptors (Lipinski definition) is 4. The number of β-amino-alcohol motifs (C(OH)–C–C–N with tert-alkyl or cyclic N) is 1. The van der Waals surface area contributed by atoms with Crippen molar-refractivity contribution in [3.05, 3.63) is 47.5 Å². The summed E-state index contributed by atoms with van der Waals surface area (Å²) in [6.45, 7) is 5.24. The van der Waals surface area contributed by atoms with Gasteiger partial charge in [-0.15, -0.1) is 10.2 Å². The molecule has 1 aliphatic heterocycles. The highest BCUT2D eigenvalue weighted by atomic mass is 16.3. The van der Waals surface area contributed by atoms with E-state index in [1.54, 1.807) is 6.33 Å². The minimum Gasteiger partial charge on any atom is -0.387 e. The molecule has 1 aromatic carbocycles. The van der Waals surface area contributed by atoms with Gasteiger partial charge in [0.05, 0.1) is 12.6 Å². The first-order valence-corrected chi connectivity index (χ1v) is 6.56. The molecule has 0 saturated carbocycles. The topological polar surface area (TPSA) is 54.2 Å². The summed E-state index contributed by atoms with van der Waals surface area (Å²) in [5.74, 6) is 0.975. The third-order valence-electron chi connectivity index (χ3n) is 3.70. The van der Waals surface area contributed by atoms with E-state index in [0.29, 0.717) is 6.54 Å². The van der Waals surface area contributed by atoms with Crippen molar-refractivity contribution in [3.8, 4) is 0 Å². The third kappa shape index (κ3) is 2.52. The second-order valence-corrected chi connectivity index (χ2v) is 5.05. The Morgan fingerprint density at radius 3 is 3.00 bits per heavy atom. The smallest absolute Gasteiger partial charge is 0.147 e. The molecule has 0 amide bonds. The maximum atomic E-state index is 10.4. The van der Waals surface area contributed by atoms with Gasteiger partial charge in [0.25, 0.3) is 0 Å². The van der Waals surface area contributed by atoms with Gasteiger partial charge < -0.3 is 9.67 Å².